The second kappa shape index (κ2) is 11.1. The van der Waals surface area contributed by atoms with Gasteiger partial charge in [0.25, 0.3) is 0 Å². The van der Waals surface area contributed by atoms with Crippen LogP contribution in [0.15, 0.2) is 29.3 Å². The molecule has 1 aliphatic rings. The van der Waals surface area contributed by atoms with Gasteiger partial charge in [-0.05, 0) is 38.7 Å². The molecule has 1 aromatic rings. The van der Waals surface area contributed by atoms with Gasteiger partial charge >= 0.3 is 0 Å². The van der Waals surface area contributed by atoms with Crippen LogP contribution in [-0.2, 0) is 16.0 Å². The summed E-state index contributed by atoms with van der Waals surface area (Å²) in [5.74, 6) is 0.953. The first kappa shape index (κ1) is 19.7. The number of benzene rings is 1. The number of rotatable bonds is 8. The monoisotopic (exact) mass is 347 g/mol. The van der Waals surface area contributed by atoms with Gasteiger partial charge in [-0.15, -0.1) is 0 Å². The molecule has 25 heavy (non-hydrogen) atoms. The number of hydrogen-bond acceptors (Lipinski definition) is 3. The fourth-order valence-electron chi connectivity index (χ4n) is 2.85. The Morgan fingerprint density at radius 1 is 1.28 bits per heavy atom. The summed E-state index contributed by atoms with van der Waals surface area (Å²) < 4.78 is 11.3. The molecule has 140 valence electrons. The molecule has 1 aliphatic heterocycles. The lowest BCUT2D eigenvalue weighted by atomic mass is 10.1. The van der Waals surface area contributed by atoms with E-state index in [9.17, 15) is 0 Å². The fraction of sp³-hybridized carbons (Fsp3) is 0.650. The van der Waals surface area contributed by atoms with E-state index in [1.54, 1.807) is 0 Å². The first-order valence-electron chi connectivity index (χ1n) is 9.43. The van der Waals surface area contributed by atoms with Crippen LogP contribution in [0.2, 0.25) is 0 Å². The van der Waals surface area contributed by atoms with Gasteiger partial charge in [0, 0.05) is 46.5 Å². The second-order valence-corrected chi connectivity index (χ2v) is 6.61. The predicted molar refractivity (Wildman–Crippen MR) is 103 cm³/mol. The van der Waals surface area contributed by atoms with Crippen molar-refractivity contribution in [2.24, 2.45) is 4.99 Å². The van der Waals surface area contributed by atoms with Crippen LogP contribution in [-0.4, -0.2) is 56.9 Å². The van der Waals surface area contributed by atoms with Crippen LogP contribution >= 0.6 is 0 Å². The van der Waals surface area contributed by atoms with Crippen molar-refractivity contribution < 1.29 is 9.47 Å². The van der Waals surface area contributed by atoms with Crippen molar-refractivity contribution in [2.75, 3.05) is 40.0 Å². The van der Waals surface area contributed by atoms with E-state index in [4.69, 9.17) is 14.5 Å². The highest BCUT2D eigenvalue weighted by Crippen LogP contribution is 2.10. The summed E-state index contributed by atoms with van der Waals surface area (Å²) in [5, 5.41) is 3.37. The Balaban J connectivity index is 1.75. The zero-order chi connectivity index (χ0) is 17.9. The standard InChI is InChI=1S/C20H33N3O2/c1-4-21-20(23(3)16-18-8-6-17(2)7-9-18)22-12-5-13-25-19-10-14-24-15-11-19/h6-9,19H,4-5,10-16H2,1-3H3,(H,21,22). The van der Waals surface area contributed by atoms with Crippen LogP contribution in [0.25, 0.3) is 0 Å². The molecule has 5 heteroatoms. The first-order valence-corrected chi connectivity index (χ1v) is 9.43. The van der Waals surface area contributed by atoms with E-state index in [0.717, 1.165) is 64.7 Å². The maximum absolute atomic E-state index is 5.91. The summed E-state index contributed by atoms with van der Waals surface area (Å²) in [5.41, 5.74) is 2.58. The number of guanidine groups is 1. The van der Waals surface area contributed by atoms with Gasteiger partial charge < -0.3 is 19.7 Å². The third-order valence-electron chi connectivity index (χ3n) is 4.32. The van der Waals surface area contributed by atoms with Crippen LogP contribution in [0, 0.1) is 6.92 Å². The highest BCUT2D eigenvalue weighted by Gasteiger charge is 2.13. The van der Waals surface area contributed by atoms with Gasteiger partial charge in [-0.1, -0.05) is 29.8 Å². The molecule has 0 aromatic heterocycles. The largest absolute Gasteiger partial charge is 0.381 e. The van der Waals surface area contributed by atoms with Crippen LogP contribution in [0.1, 0.15) is 37.3 Å². The molecule has 5 nitrogen and oxygen atoms in total. The van der Waals surface area contributed by atoms with Gasteiger partial charge in [-0.3, -0.25) is 4.99 Å². The first-order chi connectivity index (χ1) is 12.2. The Morgan fingerprint density at radius 3 is 2.68 bits per heavy atom. The molecule has 2 rings (SSSR count). The van der Waals surface area contributed by atoms with Gasteiger partial charge in [0.15, 0.2) is 5.96 Å². The summed E-state index contributed by atoms with van der Waals surface area (Å²) in [6.45, 7) is 9.15. The van der Waals surface area contributed by atoms with Gasteiger partial charge in [0.2, 0.25) is 0 Å². The van der Waals surface area contributed by atoms with Crippen molar-refractivity contribution in [2.45, 2.75) is 45.8 Å². The van der Waals surface area contributed by atoms with E-state index in [-0.39, 0.29) is 0 Å². The molecular formula is C20H33N3O2. The smallest absolute Gasteiger partial charge is 0.193 e. The van der Waals surface area contributed by atoms with Crippen LogP contribution in [0.3, 0.4) is 0 Å². The molecule has 0 atom stereocenters. The average molecular weight is 348 g/mol. The molecule has 1 N–H and O–H groups in total. The van der Waals surface area contributed by atoms with E-state index >= 15 is 0 Å². The lowest BCUT2D eigenvalue weighted by molar-refractivity contribution is -0.0318. The van der Waals surface area contributed by atoms with Crippen molar-refractivity contribution in [3.05, 3.63) is 35.4 Å². The molecule has 1 fully saturated rings. The summed E-state index contributed by atoms with van der Waals surface area (Å²) in [4.78, 5) is 6.91. The Morgan fingerprint density at radius 2 is 2.00 bits per heavy atom. The van der Waals surface area contributed by atoms with Crippen LogP contribution in [0.5, 0.6) is 0 Å². The number of nitrogens with one attached hydrogen (secondary N) is 1. The minimum Gasteiger partial charge on any atom is -0.381 e. The third-order valence-corrected chi connectivity index (χ3v) is 4.32. The SMILES string of the molecule is CCNC(=NCCCOC1CCOCC1)N(C)Cc1ccc(C)cc1. The fourth-order valence-corrected chi connectivity index (χ4v) is 2.85. The zero-order valence-electron chi connectivity index (χ0n) is 16.0. The van der Waals surface area contributed by atoms with Crippen molar-refractivity contribution in [3.63, 3.8) is 0 Å². The number of nitrogens with zero attached hydrogens (tertiary/aromatic N) is 2. The highest BCUT2D eigenvalue weighted by atomic mass is 16.5. The number of hydrogen-bond donors (Lipinski definition) is 1. The molecule has 0 spiro atoms. The molecule has 0 saturated carbocycles. The van der Waals surface area contributed by atoms with E-state index < -0.39 is 0 Å². The third kappa shape index (κ3) is 7.45. The van der Waals surface area contributed by atoms with E-state index in [2.05, 4.69) is 55.4 Å². The summed E-state index contributed by atoms with van der Waals surface area (Å²) in [6.07, 6.45) is 3.36. The van der Waals surface area contributed by atoms with Crippen molar-refractivity contribution >= 4 is 5.96 Å². The Kier molecular flexibility index (Phi) is 8.77. The molecule has 0 aliphatic carbocycles. The molecule has 1 heterocycles. The Labute approximate surface area is 152 Å². The van der Waals surface area contributed by atoms with Crippen molar-refractivity contribution in [1.82, 2.24) is 10.2 Å². The highest BCUT2D eigenvalue weighted by molar-refractivity contribution is 5.79. The number of aliphatic imine (C=N–C) groups is 1. The summed E-state index contributed by atoms with van der Waals surface area (Å²) in [7, 11) is 2.08. The normalized spacial score (nSPS) is 16.0. The maximum atomic E-state index is 5.91. The van der Waals surface area contributed by atoms with Gasteiger partial charge in [-0.2, -0.15) is 0 Å². The molecule has 0 amide bonds. The van der Waals surface area contributed by atoms with E-state index in [1.807, 2.05) is 0 Å². The predicted octanol–water partition coefficient (Wildman–Crippen LogP) is 2.98. The molecule has 1 aromatic carbocycles. The van der Waals surface area contributed by atoms with E-state index in [0.29, 0.717) is 6.10 Å². The number of aryl methyl sites for hydroxylation is 1. The molecule has 0 bridgehead atoms. The average Bonchev–Trinajstić information content (AvgIpc) is 2.63. The molecule has 0 unspecified atom stereocenters. The quantitative estimate of drug-likeness (QED) is 0.446. The molecule has 0 radical (unpaired) electrons. The second-order valence-electron chi connectivity index (χ2n) is 6.61. The molecule has 1 saturated heterocycles. The summed E-state index contributed by atoms with van der Waals surface area (Å²) >= 11 is 0. The van der Waals surface area contributed by atoms with Crippen LogP contribution in [0.4, 0.5) is 0 Å². The van der Waals surface area contributed by atoms with Crippen molar-refractivity contribution in [1.29, 1.82) is 0 Å². The maximum Gasteiger partial charge on any atom is 0.193 e. The Bertz CT molecular complexity index is 510. The van der Waals surface area contributed by atoms with Gasteiger partial charge in [0.1, 0.15) is 0 Å². The minimum atomic E-state index is 0.371. The van der Waals surface area contributed by atoms with Crippen molar-refractivity contribution in [3.8, 4) is 0 Å². The lowest BCUT2D eigenvalue weighted by Gasteiger charge is -2.23. The zero-order valence-corrected chi connectivity index (χ0v) is 16.0. The van der Waals surface area contributed by atoms with Gasteiger partial charge in [-0.25, -0.2) is 0 Å². The number of ether oxygens (including phenoxy) is 2. The van der Waals surface area contributed by atoms with E-state index in [1.165, 1.54) is 11.1 Å². The Hall–Kier alpha value is -1.59. The topological polar surface area (TPSA) is 46.1 Å². The molecular weight excluding hydrogens is 314 g/mol. The van der Waals surface area contributed by atoms with Gasteiger partial charge in [0.05, 0.1) is 6.10 Å². The summed E-state index contributed by atoms with van der Waals surface area (Å²) in [6, 6.07) is 8.66. The lowest BCUT2D eigenvalue weighted by Crippen LogP contribution is -2.38. The minimum absolute atomic E-state index is 0.371. The van der Waals surface area contributed by atoms with Crippen LogP contribution < -0.4 is 5.32 Å².